The van der Waals surface area contributed by atoms with Gasteiger partial charge in [0.05, 0.1) is 14.8 Å². The molecule has 0 unspecified atom stereocenters. The Bertz CT molecular complexity index is 559. The molecule has 5 nitrogen and oxygen atoms in total. The zero-order valence-corrected chi connectivity index (χ0v) is 11.7. The van der Waals surface area contributed by atoms with Gasteiger partial charge >= 0.3 is 0 Å². The molecule has 0 aromatic carbocycles. The van der Waals surface area contributed by atoms with Gasteiger partial charge in [0.2, 0.25) is 0 Å². The first-order valence-electron chi connectivity index (χ1n) is 5.23. The summed E-state index contributed by atoms with van der Waals surface area (Å²) in [6.07, 6.45) is 2.29. The van der Waals surface area contributed by atoms with Crippen molar-refractivity contribution >= 4 is 38.8 Å². The molecular formula is C11H10BrN3O2S. The predicted molar refractivity (Wildman–Crippen MR) is 75.1 cm³/mol. The van der Waals surface area contributed by atoms with E-state index in [1.807, 2.05) is 6.07 Å². The van der Waals surface area contributed by atoms with E-state index in [-0.39, 0.29) is 5.69 Å². The minimum atomic E-state index is -0.427. The fourth-order valence-corrected chi connectivity index (χ4v) is 2.91. The second-order valence-electron chi connectivity index (χ2n) is 3.54. The summed E-state index contributed by atoms with van der Waals surface area (Å²) in [6.45, 7) is 0.696. The van der Waals surface area contributed by atoms with Crippen LogP contribution in [0, 0.1) is 10.1 Å². The van der Waals surface area contributed by atoms with Crippen LogP contribution < -0.4 is 5.32 Å². The average Bonchev–Trinajstić information content (AvgIpc) is 2.75. The molecule has 0 bridgehead atoms. The lowest BCUT2D eigenvalue weighted by Crippen LogP contribution is -2.05. The van der Waals surface area contributed by atoms with Gasteiger partial charge in [-0.2, -0.15) is 0 Å². The number of nitro groups is 1. The quantitative estimate of drug-likeness (QED) is 0.674. The number of anilines is 1. The van der Waals surface area contributed by atoms with Gasteiger partial charge < -0.3 is 5.32 Å². The van der Waals surface area contributed by atoms with Crippen molar-refractivity contribution in [2.45, 2.75) is 6.42 Å². The molecule has 1 N–H and O–H groups in total. The van der Waals surface area contributed by atoms with Crippen LogP contribution in [0.1, 0.15) is 4.88 Å². The summed E-state index contributed by atoms with van der Waals surface area (Å²) in [6, 6.07) is 6.87. The highest BCUT2D eigenvalue weighted by molar-refractivity contribution is 9.11. The van der Waals surface area contributed by atoms with E-state index in [4.69, 9.17) is 0 Å². The molecule has 0 radical (unpaired) electrons. The second kappa shape index (κ2) is 5.92. The number of pyridine rings is 1. The van der Waals surface area contributed by atoms with Gasteiger partial charge in [0.25, 0.3) is 5.69 Å². The largest absolute Gasteiger partial charge is 0.370 e. The number of halogens is 1. The molecule has 7 heteroatoms. The van der Waals surface area contributed by atoms with E-state index in [9.17, 15) is 10.1 Å². The first-order chi connectivity index (χ1) is 8.65. The number of hydrogen-bond acceptors (Lipinski definition) is 5. The Balaban J connectivity index is 1.90. The van der Waals surface area contributed by atoms with E-state index in [1.165, 1.54) is 23.2 Å². The Morgan fingerprint density at radius 1 is 1.44 bits per heavy atom. The third-order valence-corrected chi connectivity index (χ3v) is 3.94. The zero-order valence-electron chi connectivity index (χ0n) is 9.30. The SMILES string of the molecule is O=[N+]([O-])c1ccnc(NCCc2ccc(Br)s2)c1. The van der Waals surface area contributed by atoms with Crippen molar-refractivity contribution in [2.24, 2.45) is 0 Å². The molecule has 2 aromatic heterocycles. The Morgan fingerprint density at radius 2 is 2.28 bits per heavy atom. The number of nitrogens with one attached hydrogen (secondary N) is 1. The fourth-order valence-electron chi connectivity index (χ4n) is 1.43. The minimum Gasteiger partial charge on any atom is -0.370 e. The summed E-state index contributed by atoms with van der Waals surface area (Å²) in [5.74, 6) is 0.528. The van der Waals surface area contributed by atoms with Crippen LogP contribution >= 0.6 is 27.3 Å². The molecule has 0 saturated heterocycles. The molecule has 18 heavy (non-hydrogen) atoms. The van der Waals surface area contributed by atoms with Gasteiger partial charge in [-0.1, -0.05) is 0 Å². The van der Waals surface area contributed by atoms with Crippen molar-refractivity contribution in [3.63, 3.8) is 0 Å². The number of thiophene rings is 1. The number of nitrogens with zero attached hydrogens (tertiary/aromatic N) is 2. The van der Waals surface area contributed by atoms with Crippen molar-refractivity contribution in [3.05, 3.63) is 49.2 Å². The lowest BCUT2D eigenvalue weighted by Gasteiger charge is -2.03. The van der Waals surface area contributed by atoms with Crippen molar-refractivity contribution < 1.29 is 4.92 Å². The van der Waals surface area contributed by atoms with Gasteiger partial charge in [-0.25, -0.2) is 4.98 Å². The van der Waals surface area contributed by atoms with Gasteiger partial charge in [0.15, 0.2) is 0 Å². The molecule has 2 aromatic rings. The summed E-state index contributed by atoms with van der Waals surface area (Å²) in [5.41, 5.74) is 0.0476. The summed E-state index contributed by atoms with van der Waals surface area (Å²) in [4.78, 5) is 15.5. The van der Waals surface area contributed by atoms with E-state index >= 15 is 0 Å². The van der Waals surface area contributed by atoms with Crippen LogP contribution in [0.2, 0.25) is 0 Å². The van der Waals surface area contributed by atoms with Crippen LogP contribution in [0.5, 0.6) is 0 Å². The minimum absolute atomic E-state index is 0.0476. The Morgan fingerprint density at radius 3 is 2.94 bits per heavy atom. The maximum Gasteiger partial charge on any atom is 0.274 e. The van der Waals surface area contributed by atoms with Crippen LogP contribution in [-0.2, 0) is 6.42 Å². The highest BCUT2D eigenvalue weighted by atomic mass is 79.9. The van der Waals surface area contributed by atoms with Crippen molar-refractivity contribution in [3.8, 4) is 0 Å². The van der Waals surface area contributed by atoms with Crippen molar-refractivity contribution in [1.82, 2.24) is 4.98 Å². The van der Waals surface area contributed by atoms with Gasteiger partial charge in [0.1, 0.15) is 5.82 Å². The lowest BCUT2D eigenvalue weighted by molar-refractivity contribution is -0.384. The highest BCUT2D eigenvalue weighted by Gasteiger charge is 2.06. The zero-order chi connectivity index (χ0) is 13.0. The molecule has 0 spiro atoms. The van der Waals surface area contributed by atoms with E-state index in [1.54, 1.807) is 11.3 Å². The number of hydrogen-bond donors (Lipinski definition) is 1. The molecule has 94 valence electrons. The lowest BCUT2D eigenvalue weighted by atomic mass is 10.3. The molecule has 2 rings (SSSR count). The van der Waals surface area contributed by atoms with Crippen molar-refractivity contribution in [1.29, 1.82) is 0 Å². The number of aromatic nitrogens is 1. The Labute approximate surface area is 116 Å². The third-order valence-electron chi connectivity index (χ3n) is 2.26. The molecule has 0 amide bonds. The smallest absolute Gasteiger partial charge is 0.274 e. The summed E-state index contributed by atoms with van der Waals surface area (Å²) in [5, 5.41) is 13.7. The summed E-state index contributed by atoms with van der Waals surface area (Å²) >= 11 is 5.08. The maximum atomic E-state index is 10.6. The molecule has 0 aliphatic heterocycles. The van der Waals surface area contributed by atoms with Crippen LogP contribution in [0.25, 0.3) is 0 Å². The van der Waals surface area contributed by atoms with Gasteiger partial charge in [0, 0.05) is 23.7 Å². The average molecular weight is 328 g/mol. The number of rotatable bonds is 5. The van der Waals surface area contributed by atoms with Crippen LogP contribution in [-0.4, -0.2) is 16.5 Å². The Kier molecular flexibility index (Phi) is 4.27. The first kappa shape index (κ1) is 13.0. The standard InChI is InChI=1S/C11H10BrN3O2S/c12-10-2-1-9(18-10)4-6-14-11-7-8(15(16)17)3-5-13-11/h1-3,5,7H,4,6H2,(H,13,14). The van der Waals surface area contributed by atoms with Gasteiger partial charge in [-0.15, -0.1) is 11.3 Å². The summed E-state index contributed by atoms with van der Waals surface area (Å²) < 4.78 is 1.10. The van der Waals surface area contributed by atoms with Crippen molar-refractivity contribution in [2.75, 3.05) is 11.9 Å². The molecule has 0 aliphatic rings. The summed E-state index contributed by atoms with van der Waals surface area (Å²) in [7, 11) is 0. The van der Waals surface area contributed by atoms with E-state index in [0.717, 1.165) is 10.2 Å². The molecule has 0 atom stereocenters. The molecule has 0 aliphatic carbocycles. The van der Waals surface area contributed by atoms with Gasteiger partial charge in [-0.3, -0.25) is 10.1 Å². The fraction of sp³-hybridized carbons (Fsp3) is 0.182. The molecular weight excluding hydrogens is 318 g/mol. The molecule has 0 fully saturated rings. The van der Waals surface area contributed by atoms with Gasteiger partial charge in [-0.05, 0) is 34.5 Å². The maximum absolute atomic E-state index is 10.6. The topological polar surface area (TPSA) is 68.1 Å². The third kappa shape index (κ3) is 3.51. The predicted octanol–water partition coefficient (Wildman–Crippen LogP) is 3.47. The molecule has 0 saturated carbocycles. The Hall–Kier alpha value is -1.47. The normalized spacial score (nSPS) is 10.3. The van der Waals surface area contributed by atoms with E-state index in [2.05, 4.69) is 32.3 Å². The second-order valence-corrected chi connectivity index (χ2v) is 6.09. The first-order valence-corrected chi connectivity index (χ1v) is 6.84. The van der Waals surface area contributed by atoms with E-state index in [0.29, 0.717) is 12.4 Å². The van der Waals surface area contributed by atoms with Crippen LogP contribution in [0.3, 0.4) is 0 Å². The monoisotopic (exact) mass is 327 g/mol. The van der Waals surface area contributed by atoms with E-state index < -0.39 is 4.92 Å². The van der Waals surface area contributed by atoms with Crippen LogP contribution in [0.15, 0.2) is 34.2 Å². The molecule has 2 heterocycles. The highest BCUT2D eigenvalue weighted by Crippen LogP contribution is 2.22. The van der Waals surface area contributed by atoms with Crippen LogP contribution in [0.4, 0.5) is 11.5 Å².